The fourth-order valence-electron chi connectivity index (χ4n) is 4.24. The topological polar surface area (TPSA) is 111 Å². The van der Waals surface area contributed by atoms with E-state index in [1.807, 2.05) is 0 Å². The lowest BCUT2D eigenvalue weighted by molar-refractivity contribution is 0.145. The number of hydrogen-bond donors (Lipinski definition) is 2. The van der Waals surface area contributed by atoms with Crippen LogP contribution in [0.1, 0.15) is 28.4 Å². The van der Waals surface area contributed by atoms with Crippen molar-refractivity contribution in [2.24, 2.45) is 0 Å². The summed E-state index contributed by atoms with van der Waals surface area (Å²) in [6.07, 6.45) is -0.345. The molecule has 5 rings (SSSR count). The summed E-state index contributed by atoms with van der Waals surface area (Å²) in [7, 11) is 0. The quantitative estimate of drug-likeness (QED) is 0.459. The molecule has 1 unspecified atom stereocenters. The molecule has 2 heterocycles. The fraction of sp³-hybridized carbons (Fsp3) is 0.148. The molecule has 0 bridgehead atoms. The van der Waals surface area contributed by atoms with Gasteiger partial charge >= 0.3 is 6.09 Å². The molecule has 0 fully saturated rings. The van der Waals surface area contributed by atoms with E-state index in [2.05, 4.69) is 17.1 Å². The summed E-state index contributed by atoms with van der Waals surface area (Å²) in [6, 6.07) is 22.1. The monoisotopic (exact) mass is 484 g/mol. The average Bonchev–Trinajstić information content (AvgIpc) is 2.89. The number of ether oxygens (including phenoxy) is 1. The van der Waals surface area contributed by atoms with Crippen LogP contribution in [0.5, 0.6) is 11.5 Å². The third-order valence-corrected chi connectivity index (χ3v) is 6.00. The molecule has 1 amide bonds. The number of rotatable bonds is 4. The number of nitrogens with zero attached hydrogens (tertiary/aromatic N) is 3. The normalized spacial score (nSPS) is 13.4. The lowest BCUT2D eigenvalue weighted by Gasteiger charge is -2.29. The zero-order valence-electron chi connectivity index (χ0n) is 19.0. The van der Waals surface area contributed by atoms with Crippen LogP contribution in [0, 0.1) is 17.9 Å². The fourth-order valence-corrected chi connectivity index (χ4v) is 4.24. The molecule has 0 aliphatic carbocycles. The maximum atomic E-state index is 13.7. The highest BCUT2D eigenvalue weighted by Crippen LogP contribution is 2.28. The summed E-state index contributed by atoms with van der Waals surface area (Å²) in [5.41, 5.74) is 8.07. The molecule has 0 spiro atoms. The molecule has 0 saturated carbocycles. The number of amides is 1. The van der Waals surface area contributed by atoms with E-state index in [1.165, 1.54) is 45.9 Å². The number of carbonyl (C=O) groups excluding carboxylic acids is 1. The minimum atomic E-state index is -0.689. The molecule has 0 radical (unpaired) electrons. The largest absolute Gasteiger partial charge is 0.508 e. The van der Waals surface area contributed by atoms with E-state index >= 15 is 0 Å². The second-order valence-electron chi connectivity index (χ2n) is 8.31. The Hall–Kier alpha value is -4.84. The number of hydrogen-bond acceptors (Lipinski definition) is 6. The van der Waals surface area contributed by atoms with Crippen LogP contribution in [0.25, 0.3) is 0 Å². The zero-order chi connectivity index (χ0) is 25.2. The van der Waals surface area contributed by atoms with Gasteiger partial charge in [-0.3, -0.25) is 9.36 Å². The predicted octanol–water partition coefficient (Wildman–Crippen LogP) is 3.47. The highest BCUT2D eigenvalue weighted by Gasteiger charge is 2.29. The van der Waals surface area contributed by atoms with Gasteiger partial charge in [0.15, 0.2) is 0 Å². The van der Waals surface area contributed by atoms with Crippen LogP contribution >= 0.6 is 0 Å². The van der Waals surface area contributed by atoms with Crippen LogP contribution in [0.4, 0.5) is 15.1 Å². The minimum absolute atomic E-state index is 0.0425. The Balaban J connectivity index is 1.48. The molecule has 1 aliphatic rings. The van der Waals surface area contributed by atoms with Crippen LogP contribution in [0.3, 0.4) is 0 Å². The van der Waals surface area contributed by atoms with Gasteiger partial charge in [0.05, 0.1) is 18.3 Å². The summed E-state index contributed by atoms with van der Waals surface area (Å²) in [5, 5.41) is 9.40. The molecule has 8 nitrogen and oxygen atoms in total. The number of nitrogen functional groups attached to an aromatic ring is 1. The Labute approximate surface area is 206 Å². The minimum Gasteiger partial charge on any atom is -0.508 e. The lowest BCUT2D eigenvalue weighted by atomic mass is 9.98. The van der Waals surface area contributed by atoms with Crippen LogP contribution < -0.4 is 16.0 Å². The van der Waals surface area contributed by atoms with Gasteiger partial charge in [-0.2, -0.15) is 0 Å². The number of phenols is 1. The van der Waals surface area contributed by atoms with E-state index in [1.54, 1.807) is 30.3 Å². The van der Waals surface area contributed by atoms with E-state index in [0.29, 0.717) is 22.4 Å². The summed E-state index contributed by atoms with van der Waals surface area (Å²) >= 11 is 0. The van der Waals surface area contributed by atoms with E-state index in [9.17, 15) is 19.1 Å². The number of benzene rings is 2. The average molecular weight is 484 g/mol. The van der Waals surface area contributed by atoms with Crippen molar-refractivity contribution in [3.8, 4) is 11.5 Å². The van der Waals surface area contributed by atoms with Gasteiger partial charge in [0.1, 0.15) is 17.3 Å². The number of anilines is 1. The van der Waals surface area contributed by atoms with Gasteiger partial charge in [-0.1, -0.05) is 30.3 Å². The molecule has 1 aliphatic heterocycles. The molecule has 3 N–H and O–H groups in total. The van der Waals surface area contributed by atoms with Crippen LogP contribution in [-0.2, 0) is 13.0 Å². The smallest absolute Gasteiger partial charge is 0.415 e. The second-order valence-corrected chi connectivity index (χ2v) is 8.31. The standard InChI is InChI=1S/C27H21FN4O4/c28-19-8-6-18(7-9-19)24(17-4-2-1-3-5-17)32-25(34)22-14-15-31(16-23(22)30-26(32)29)27(35)36-21-12-10-20(33)11-13-21/h1-2,4,6-13,24,33H,14-16H2,(H2,29,30). The van der Waals surface area contributed by atoms with E-state index in [4.69, 9.17) is 10.5 Å². The third kappa shape index (κ3) is 4.44. The highest BCUT2D eigenvalue weighted by molar-refractivity contribution is 5.71. The Morgan fingerprint density at radius 3 is 2.58 bits per heavy atom. The lowest BCUT2D eigenvalue weighted by Crippen LogP contribution is -2.43. The van der Waals surface area contributed by atoms with Crippen molar-refractivity contribution < 1.29 is 19.0 Å². The van der Waals surface area contributed by atoms with Crippen LogP contribution in [0.2, 0.25) is 0 Å². The van der Waals surface area contributed by atoms with E-state index in [-0.39, 0.29) is 42.5 Å². The number of halogens is 1. The second kappa shape index (κ2) is 9.43. The molecule has 9 heteroatoms. The zero-order valence-corrected chi connectivity index (χ0v) is 19.0. The van der Waals surface area contributed by atoms with Crippen molar-refractivity contribution in [2.75, 3.05) is 12.3 Å². The van der Waals surface area contributed by atoms with Gasteiger partial charge in [-0.05, 0) is 60.5 Å². The number of nitrogens with two attached hydrogens (primary N) is 1. The first-order chi connectivity index (χ1) is 17.4. The summed E-state index contributed by atoms with van der Waals surface area (Å²) in [4.78, 5) is 32.2. The SMILES string of the molecule is Nc1nc2c(c(=O)n1C(c1c#cccc1)c1ccc(F)cc1)CCN(C(=O)Oc1ccc(O)cc1)C2. The molecule has 3 aromatic carbocycles. The molecular weight excluding hydrogens is 463 g/mol. The molecule has 1 aromatic heterocycles. The first kappa shape index (κ1) is 22.9. The van der Waals surface area contributed by atoms with E-state index < -0.39 is 18.0 Å². The van der Waals surface area contributed by atoms with Crippen molar-refractivity contribution in [1.82, 2.24) is 14.5 Å². The Morgan fingerprint density at radius 1 is 1.14 bits per heavy atom. The number of phenolic OH excluding ortho intramolecular Hbond substituents is 1. The van der Waals surface area contributed by atoms with Crippen LogP contribution in [0.15, 0.2) is 71.5 Å². The number of aromatic hydroxyl groups is 1. The van der Waals surface area contributed by atoms with Crippen molar-refractivity contribution in [3.63, 3.8) is 0 Å². The van der Waals surface area contributed by atoms with Gasteiger partial charge in [0.25, 0.3) is 5.56 Å². The van der Waals surface area contributed by atoms with Crippen molar-refractivity contribution in [2.45, 2.75) is 19.0 Å². The van der Waals surface area contributed by atoms with Gasteiger partial charge in [0.2, 0.25) is 5.95 Å². The molecule has 4 aromatic rings. The van der Waals surface area contributed by atoms with Crippen molar-refractivity contribution in [3.05, 3.63) is 117 Å². The molecule has 1 atom stereocenters. The number of carbonyl (C=O) groups is 1. The molecule has 180 valence electrons. The third-order valence-electron chi connectivity index (χ3n) is 6.00. The highest BCUT2D eigenvalue weighted by atomic mass is 19.1. The number of aromatic nitrogens is 2. The van der Waals surface area contributed by atoms with Gasteiger partial charge < -0.3 is 20.5 Å². The van der Waals surface area contributed by atoms with Crippen molar-refractivity contribution >= 4 is 12.0 Å². The molecule has 36 heavy (non-hydrogen) atoms. The first-order valence-corrected chi connectivity index (χ1v) is 11.2. The first-order valence-electron chi connectivity index (χ1n) is 11.2. The summed E-state index contributed by atoms with van der Waals surface area (Å²) in [5.74, 6) is -0.101. The Bertz CT molecular complexity index is 1450. The van der Waals surface area contributed by atoms with Crippen molar-refractivity contribution in [1.29, 1.82) is 0 Å². The number of fused-ring (bicyclic) bond motifs is 1. The Kier molecular flexibility index (Phi) is 6.00. The van der Waals surface area contributed by atoms with Crippen LogP contribution in [-0.4, -0.2) is 32.2 Å². The maximum Gasteiger partial charge on any atom is 0.415 e. The maximum absolute atomic E-state index is 13.7. The summed E-state index contributed by atoms with van der Waals surface area (Å²) in [6.45, 7) is 0.302. The van der Waals surface area contributed by atoms with Gasteiger partial charge in [0, 0.05) is 17.7 Å². The molecular formula is C27H21FN4O4. The Morgan fingerprint density at radius 2 is 1.89 bits per heavy atom. The predicted molar refractivity (Wildman–Crippen MR) is 129 cm³/mol. The van der Waals surface area contributed by atoms with Gasteiger partial charge in [-0.15, -0.1) is 0 Å². The van der Waals surface area contributed by atoms with E-state index in [0.717, 1.165) is 0 Å². The molecule has 0 saturated heterocycles. The summed E-state index contributed by atoms with van der Waals surface area (Å²) < 4.78 is 20.4. The van der Waals surface area contributed by atoms with Gasteiger partial charge in [-0.25, -0.2) is 14.2 Å².